The summed E-state index contributed by atoms with van der Waals surface area (Å²) in [5, 5.41) is 14.2. The number of rotatable bonds is 2. The van der Waals surface area contributed by atoms with Gasteiger partial charge in [-0.15, -0.1) is 0 Å². The van der Waals surface area contributed by atoms with Gasteiger partial charge in [0.15, 0.2) is 0 Å². The summed E-state index contributed by atoms with van der Waals surface area (Å²) in [6, 6.07) is 0. The molecular formula is C12H15ClN2O. The fourth-order valence-electron chi connectivity index (χ4n) is 2.56. The summed E-state index contributed by atoms with van der Waals surface area (Å²) < 4.78 is 0. The van der Waals surface area contributed by atoms with Gasteiger partial charge in [0.05, 0.1) is 11.1 Å². The van der Waals surface area contributed by atoms with Gasteiger partial charge in [-0.1, -0.05) is 18.0 Å². The molecule has 0 bridgehead atoms. The van der Waals surface area contributed by atoms with Crippen molar-refractivity contribution in [1.82, 2.24) is 4.98 Å². The Morgan fingerprint density at radius 3 is 3.00 bits per heavy atom. The van der Waals surface area contributed by atoms with Crippen LogP contribution in [0.25, 0.3) is 0 Å². The number of pyridine rings is 1. The summed E-state index contributed by atoms with van der Waals surface area (Å²) in [6.07, 6.45) is 5.62. The first-order chi connectivity index (χ1) is 7.77. The van der Waals surface area contributed by atoms with E-state index in [4.69, 9.17) is 11.6 Å². The van der Waals surface area contributed by atoms with E-state index in [-0.39, 0.29) is 0 Å². The van der Waals surface area contributed by atoms with Gasteiger partial charge in [-0.2, -0.15) is 0 Å². The highest BCUT2D eigenvalue weighted by atomic mass is 35.5. The third-order valence-corrected chi connectivity index (χ3v) is 4.04. The predicted octanol–water partition coefficient (Wildman–Crippen LogP) is 2.54. The number of anilines is 1. The molecule has 3 nitrogen and oxygen atoms in total. The van der Waals surface area contributed by atoms with Gasteiger partial charge in [0.1, 0.15) is 5.82 Å². The lowest BCUT2D eigenvalue weighted by Crippen LogP contribution is -2.21. The minimum atomic E-state index is -0.405. The fraction of sp³-hybridized carbons (Fsp3) is 0.583. The molecule has 1 aromatic rings. The number of fused-ring (bicyclic) bond motifs is 1. The second-order valence-electron chi connectivity index (χ2n) is 4.66. The minimum absolute atomic E-state index is 0.393. The van der Waals surface area contributed by atoms with Crippen LogP contribution in [0.15, 0.2) is 6.20 Å². The number of hydrogen-bond acceptors (Lipinski definition) is 3. The number of nitrogens with one attached hydrogen (secondary N) is 1. The highest BCUT2D eigenvalue weighted by Gasteiger charge is 2.31. The van der Waals surface area contributed by atoms with E-state index in [1.54, 1.807) is 6.20 Å². The zero-order chi connectivity index (χ0) is 11.1. The zero-order valence-electron chi connectivity index (χ0n) is 9.04. The van der Waals surface area contributed by atoms with E-state index in [1.165, 1.54) is 6.42 Å². The Hall–Kier alpha value is -0.800. The van der Waals surface area contributed by atoms with Crippen molar-refractivity contribution in [1.29, 1.82) is 0 Å². The maximum absolute atomic E-state index is 10.3. The summed E-state index contributed by atoms with van der Waals surface area (Å²) in [5.74, 6) is 1.29. The van der Waals surface area contributed by atoms with E-state index in [0.29, 0.717) is 10.9 Å². The Morgan fingerprint density at radius 2 is 2.31 bits per heavy atom. The summed E-state index contributed by atoms with van der Waals surface area (Å²) in [4.78, 5) is 4.25. The lowest BCUT2D eigenvalue weighted by atomic mass is 9.78. The second-order valence-corrected chi connectivity index (χ2v) is 5.07. The van der Waals surface area contributed by atoms with Crippen molar-refractivity contribution < 1.29 is 5.11 Å². The summed E-state index contributed by atoms with van der Waals surface area (Å²) >= 11 is 6.18. The van der Waals surface area contributed by atoms with Crippen LogP contribution in [0.3, 0.4) is 0 Å². The third kappa shape index (κ3) is 1.50. The number of aromatic nitrogens is 1. The van der Waals surface area contributed by atoms with Crippen LogP contribution in [0, 0.1) is 5.92 Å². The monoisotopic (exact) mass is 238 g/mol. The predicted molar refractivity (Wildman–Crippen MR) is 63.7 cm³/mol. The standard InChI is InChI=1S/C12H15ClN2O/c13-9-6-15-12-8(4-5-14-12)10(9)11(16)7-2-1-3-7/h6-7,11,16H,1-5H2,(H,14,15). The Balaban J connectivity index is 2.01. The smallest absolute Gasteiger partial charge is 0.129 e. The number of hydrogen-bond donors (Lipinski definition) is 2. The lowest BCUT2D eigenvalue weighted by Gasteiger charge is -2.31. The Bertz CT molecular complexity index is 418. The van der Waals surface area contributed by atoms with Crippen LogP contribution in [0.2, 0.25) is 5.02 Å². The SMILES string of the molecule is OC(c1c(Cl)cnc2c1CCN2)C1CCC1. The minimum Gasteiger partial charge on any atom is -0.388 e. The molecule has 1 fully saturated rings. The normalized spacial score (nSPS) is 21.1. The van der Waals surface area contributed by atoms with Crippen LogP contribution >= 0.6 is 11.6 Å². The first-order valence-corrected chi connectivity index (χ1v) is 6.24. The molecular weight excluding hydrogens is 224 g/mol. The molecule has 0 spiro atoms. The molecule has 1 aliphatic carbocycles. The number of aliphatic hydroxyl groups excluding tert-OH is 1. The molecule has 1 saturated carbocycles. The Labute approximate surface area is 99.8 Å². The van der Waals surface area contributed by atoms with Crippen LogP contribution in [0.4, 0.5) is 5.82 Å². The molecule has 2 aliphatic rings. The van der Waals surface area contributed by atoms with Gasteiger partial charge in [0.2, 0.25) is 0 Å². The van der Waals surface area contributed by atoms with Crippen LogP contribution in [0.5, 0.6) is 0 Å². The molecule has 86 valence electrons. The van der Waals surface area contributed by atoms with Crippen molar-refractivity contribution >= 4 is 17.4 Å². The van der Waals surface area contributed by atoms with E-state index >= 15 is 0 Å². The summed E-state index contributed by atoms with van der Waals surface area (Å²) in [6.45, 7) is 0.896. The van der Waals surface area contributed by atoms with Crippen molar-refractivity contribution in [3.63, 3.8) is 0 Å². The molecule has 0 aromatic carbocycles. The highest BCUT2D eigenvalue weighted by Crippen LogP contribution is 2.43. The number of nitrogens with zero attached hydrogens (tertiary/aromatic N) is 1. The van der Waals surface area contributed by atoms with E-state index in [2.05, 4.69) is 10.3 Å². The average Bonchev–Trinajstić information content (AvgIpc) is 2.62. The van der Waals surface area contributed by atoms with E-state index < -0.39 is 6.10 Å². The van der Waals surface area contributed by atoms with Crippen molar-refractivity contribution in [2.24, 2.45) is 5.92 Å². The van der Waals surface area contributed by atoms with E-state index in [9.17, 15) is 5.11 Å². The van der Waals surface area contributed by atoms with Crippen molar-refractivity contribution in [2.75, 3.05) is 11.9 Å². The van der Waals surface area contributed by atoms with Gasteiger partial charge in [0.25, 0.3) is 0 Å². The van der Waals surface area contributed by atoms with Crippen LogP contribution < -0.4 is 5.32 Å². The number of halogens is 1. The largest absolute Gasteiger partial charge is 0.388 e. The molecule has 2 N–H and O–H groups in total. The molecule has 0 radical (unpaired) electrons. The summed E-state index contributed by atoms with van der Waals surface area (Å²) in [7, 11) is 0. The van der Waals surface area contributed by atoms with Crippen molar-refractivity contribution in [3.05, 3.63) is 22.3 Å². The fourth-order valence-corrected chi connectivity index (χ4v) is 2.84. The van der Waals surface area contributed by atoms with Crippen LogP contribution in [0.1, 0.15) is 36.5 Å². The molecule has 1 atom stereocenters. The topological polar surface area (TPSA) is 45.2 Å². The second kappa shape index (κ2) is 3.90. The molecule has 0 saturated heterocycles. The van der Waals surface area contributed by atoms with Gasteiger partial charge in [0, 0.05) is 23.9 Å². The van der Waals surface area contributed by atoms with Gasteiger partial charge >= 0.3 is 0 Å². The van der Waals surface area contributed by atoms with Crippen molar-refractivity contribution in [2.45, 2.75) is 31.8 Å². The third-order valence-electron chi connectivity index (χ3n) is 3.73. The average molecular weight is 239 g/mol. The first kappa shape index (κ1) is 10.4. The molecule has 0 amide bonds. The van der Waals surface area contributed by atoms with Gasteiger partial charge in [-0.3, -0.25) is 0 Å². The molecule has 16 heavy (non-hydrogen) atoms. The van der Waals surface area contributed by atoms with Crippen LogP contribution in [-0.4, -0.2) is 16.6 Å². The molecule has 3 rings (SSSR count). The lowest BCUT2D eigenvalue weighted by molar-refractivity contribution is 0.0616. The zero-order valence-corrected chi connectivity index (χ0v) is 9.80. The van der Waals surface area contributed by atoms with Gasteiger partial charge < -0.3 is 10.4 Å². The number of aliphatic hydroxyl groups is 1. The summed E-state index contributed by atoms with van der Waals surface area (Å²) in [5.41, 5.74) is 2.04. The molecule has 1 unspecified atom stereocenters. The van der Waals surface area contributed by atoms with Crippen LogP contribution in [-0.2, 0) is 6.42 Å². The molecule has 4 heteroatoms. The first-order valence-electron chi connectivity index (χ1n) is 5.86. The Morgan fingerprint density at radius 1 is 1.50 bits per heavy atom. The van der Waals surface area contributed by atoms with Gasteiger partial charge in [-0.25, -0.2) is 4.98 Å². The van der Waals surface area contributed by atoms with Gasteiger partial charge in [-0.05, 0) is 25.2 Å². The van der Waals surface area contributed by atoms with Crippen molar-refractivity contribution in [3.8, 4) is 0 Å². The molecule has 1 aromatic heterocycles. The maximum Gasteiger partial charge on any atom is 0.129 e. The molecule has 1 aliphatic heterocycles. The van der Waals surface area contributed by atoms with E-state index in [0.717, 1.165) is 42.8 Å². The Kier molecular flexibility index (Phi) is 2.52. The maximum atomic E-state index is 10.3. The molecule has 2 heterocycles. The highest BCUT2D eigenvalue weighted by molar-refractivity contribution is 6.31. The van der Waals surface area contributed by atoms with E-state index in [1.807, 2.05) is 0 Å². The quantitative estimate of drug-likeness (QED) is 0.832.